The van der Waals surface area contributed by atoms with Gasteiger partial charge in [-0.1, -0.05) is 121 Å². The van der Waals surface area contributed by atoms with Gasteiger partial charge in [0.05, 0.1) is 22.4 Å². The van der Waals surface area contributed by atoms with Crippen LogP contribution in [0, 0.1) is 0 Å². The van der Waals surface area contributed by atoms with E-state index in [4.69, 9.17) is 0 Å². The van der Waals surface area contributed by atoms with E-state index in [1.165, 1.54) is 106 Å². The van der Waals surface area contributed by atoms with Gasteiger partial charge in [-0.05, 0) is 70.4 Å². The molecule has 8 aromatic carbocycles. The van der Waals surface area contributed by atoms with E-state index in [9.17, 15) is 0 Å². The van der Waals surface area contributed by atoms with Gasteiger partial charge in [0.2, 0.25) is 0 Å². The van der Waals surface area contributed by atoms with Gasteiger partial charge in [-0.25, -0.2) is 0 Å². The lowest BCUT2D eigenvalue weighted by Gasteiger charge is -2.12. The molecule has 4 heterocycles. The van der Waals surface area contributed by atoms with Crippen molar-refractivity contribution in [1.29, 1.82) is 0 Å². The predicted molar refractivity (Wildman–Crippen MR) is 226 cm³/mol. The maximum atomic E-state index is 2.50. The molecule has 2 nitrogen and oxygen atoms in total. The predicted octanol–water partition coefficient (Wildman–Crippen LogP) is 14.3. The molecule has 52 heavy (non-hydrogen) atoms. The lowest BCUT2D eigenvalue weighted by atomic mass is 10.00. The highest BCUT2D eigenvalue weighted by molar-refractivity contribution is 7.26. The van der Waals surface area contributed by atoms with E-state index in [2.05, 4.69) is 179 Å². The Morgan fingerprint density at radius 2 is 0.731 bits per heavy atom. The number of aromatic nitrogens is 2. The molecule has 4 heteroatoms. The summed E-state index contributed by atoms with van der Waals surface area (Å²) < 4.78 is 7.62. The number of hydrogen-bond acceptors (Lipinski definition) is 2. The molecule has 12 rings (SSSR count). The molecular formula is C48H28N2S2. The highest BCUT2D eigenvalue weighted by Crippen LogP contribution is 2.47. The summed E-state index contributed by atoms with van der Waals surface area (Å²) in [5, 5.41) is 12.9. The first-order chi connectivity index (χ1) is 25.8. The smallest absolute Gasteiger partial charge is 0.109 e. The number of thiophene rings is 2. The minimum Gasteiger partial charge on any atom is -0.300 e. The Morgan fingerprint density at radius 1 is 0.327 bits per heavy atom. The van der Waals surface area contributed by atoms with E-state index in [-0.39, 0.29) is 0 Å². The van der Waals surface area contributed by atoms with Gasteiger partial charge >= 0.3 is 0 Å². The van der Waals surface area contributed by atoms with Crippen LogP contribution in [0.2, 0.25) is 0 Å². The monoisotopic (exact) mass is 696 g/mol. The molecule has 0 bridgehead atoms. The molecule has 242 valence electrons. The van der Waals surface area contributed by atoms with Crippen LogP contribution >= 0.6 is 22.7 Å². The van der Waals surface area contributed by atoms with Crippen molar-refractivity contribution >= 4 is 107 Å². The molecule has 0 fully saturated rings. The zero-order chi connectivity index (χ0) is 33.9. The fraction of sp³-hybridized carbons (Fsp3) is 0. The summed E-state index contributed by atoms with van der Waals surface area (Å²) in [5.74, 6) is 0. The van der Waals surface area contributed by atoms with Crippen molar-refractivity contribution in [1.82, 2.24) is 9.13 Å². The van der Waals surface area contributed by atoms with Crippen LogP contribution in [0.4, 0.5) is 0 Å². The van der Waals surface area contributed by atoms with Crippen molar-refractivity contribution in [3.8, 4) is 22.5 Å². The molecule has 0 N–H and O–H groups in total. The van der Waals surface area contributed by atoms with Gasteiger partial charge in [0.15, 0.2) is 0 Å². The lowest BCUT2D eigenvalue weighted by Crippen LogP contribution is -1.94. The number of nitrogens with zero attached hydrogens (tertiary/aromatic N) is 2. The third kappa shape index (κ3) is 3.88. The number of benzene rings is 8. The van der Waals surface area contributed by atoms with Crippen molar-refractivity contribution in [3.05, 3.63) is 170 Å². The molecule has 0 spiro atoms. The first kappa shape index (κ1) is 28.5. The van der Waals surface area contributed by atoms with Crippen LogP contribution in [0.3, 0.4) is 0 Å². The Kier molecular flexibility index (Phi) is 5.84. The molecule has 0 atom stereocenters. The van der Waals surface area contributed by atoms with Crippen LogP contribution in [0.5, 0.6) is 0 Å². The first-order valence-electron chi connectivity index (χ1n) is 17.7. The zero-order valence-electron chi connectivity index (χ0n) is 27.9. The molecule has 12 aromatic rings. The number of hydrogen-bond donors (Lipinski definition) is 0. The first-order valence-corrected chi connectivity index (χ1v) is 19.3. The van der Waals surface area contributed by atoms with E-state index >= 15 is 0 Å². The van der Waals surface area contributed by atoms with Gasteiger partial charge in [-0.3, -0.25) is 0 Å². The summed E-state index contributed by atoms with van der Waals surface area (Å²) in [4.78, 5) is 2.58. The van der Waals surface area contributed by atoms with E-state index < -0.39 is 0 Å². The van der Waals surface area contributed by atoms with Gasteiger partial charge in [-0.15, -0.1) is 22.7 Å². The molecule has 0 aliphatic carbocycles. The van der Waals surface area contributed by atoms with Crippen LogP contribution < -0.4 is 0 Å². The topological polar surface area (TPSA) is 9.86 Å². The second-order valence-corrected chi connectivity index (χ2v) is 15.7. The van der Waals surface area contributed by atoms with Gasteiger partial charge in [0.1, 0.15) is 9.66 Å². The van der Waals surface area contributed by atoms with E-state index in [0.29, 0.717) is 0 Å². The van der Waals surface area contributed by atoms with Gasteiger partial charge < -0.3 is 9.13 Å². The highest BCUT2D eigenvalue weighted by atomic mass is 32.1. The average molecular weight is 697 g/mol. The second-order valence-electron chi connectivity index (χ2n) is 13.7. The van der Waals surface area contributed by atoms with Crippen molar-refractivity contribution < 1.29 is 0 Å². The average Bonchev–Trinajstić information content (AvgIpc) is 3.93. The third-order valence-electron chi connectivity index (χ3n) is 10.9. The van der Waals surface area contributed by atoms with Crippen molar-refractivity contribution in [2.24, 2.45) is 0 Å². The van der Waals surface area contributed by atoms with Crippen molar-refractivity contribution in [2.45, 2.75) is 0 Å². The van der Waals surface area contributed by atoms with Gasteiger partial charge in [0, 0.05) is 52.5 Å². The summed E-state index contributed by atoms with van der Waals surface area (Å²) >= 11 is 3.77. The molecule has 0 saturated heterocycles. The van der Waals surface area contributed by atoms with Gasteiger partial charge in [0.25, 0.3) is 0 Å². The van der Waals surface area contributed by atoms with Crippen LogP contribution in [-0.4, -0.2) is 9.13 Å². The quantitative estimate of drug-likeness (QED) is 0.174. The SMILES string of the molecule is c1ccc2c(-n3c4ccc(-c5ccc6c(c5)c5c7ccccc7sc5n6-c5cccc6ccccc56)cc4c4c5ccccc5sc43)cccc2c1. The van der Waals surface area contributed by atoms with Crippen LogP contribution in [0.1, 0.15) is 0 Å². The maximum absolute atomic E-state index is 2.50. The Morgan fingerprint density at radius 3 is 1.21 bits per heavy atom. The minimum absolute atomic E-state index is 1.22. The molecule has 0 unspecified atom stereocenters. The Hall–Kier alpha value is -6.20. The molecule has 0 aliphatic heterocycles. The number of fused-ring (bicyclic) bond motifs is 12. The van der Waals surface area contributed by atoms with E-state index in [1.54, 1.807) is 0 Å². The largest absolute Gasteiger partial charge is 0.300 e. The minimum atomic E-state index is 1.22. The molecule has 4 aromatic heterocycles. The standard InChI is InChI=1S/C48H28N2S2/c1-3-15-33-29(11-1)13-9-19-39(33)49-41-25-23-31(27-37(41)45-35-17-5-7-21-43(35)51-47(45)49)32-24-26-42-38(28-32)46-36-18-6-8-22-44(36)52-48(46)50(42)40-20-10-14-30-12-2-4-16-34(30)40/h1-28H. The molecule has 0 saturated carbocycles. The summed E-state index contributed by atoms with van der Waals surface area (Å²) in [6.45, 7) is 0. The molecule has 0 radical (unpaired) electrons. The van der Waals surface area contributed by atoms with Gasteiger partial charge in [-0.2, -0.15) is 0 Å². The zero-order valence-corrected chi connectivity index (χ0v) is 29.5. The summed E-state index contributed by atoms with van der Waals surface area (Å²) in [7, 11) is 0. The van der Waals surface area contributed by atoms with E-state index in [1.807, 2.05) is 22.7 Å². The van der Waals surface area contributed by atoms with Crippen molar-refractivity contribution in [3.63, 3.8) is 0 Å². The summed E-state index contributed by atoms with van der Waals surface area (Å²) in [6.07, 6.45) is 0. The normalized spacial score (nSPS) is 12.2. The molecule has 0 aliphatic rings. The fourth-order valence-electron chi connectivity index (χ4n) is 8.63. The molecular weight excluding hydrogens is 669 g/mol. The van der Waals surface area contributed by atoms with Crippen molar-refractivity contribution in [2.75, 3.05) is 0 Å². The third-order valence-corrected chi connectivity index (χ3v) is 13.2. The molecule has 0 amide bonds. The Bertz CT molecular complexity index is 3180. The number of rotatable bonds is 3. The summed E-state index contributed by atoms with van der Waals surface area (Å²) in [6, 6.07) is 62.7. The van der Waals surface area contributed by atoms with Crippen LogP contribution in [0.25, 0.3) is 106 Å². The lowest BCUT2D eigenvalue weighted by molar-refractivity contribution is 1.21. The highest BCUT2D eigenvalue weighted by Gasteiger charge is 2.22. The fourth-order valence-corrected chi connectivity index (χ4v) is 11.1. The second kappa shape index (κ2) is 10.7. The van der Waals surface area contributed by atoms with E-state index in [0.717, 1.165) is 0 Å². The maximum Gasteiger partial charge on any atom is 0.109 e. The Labute approximate surface area is 306 Å². The van der Waals surface area contributed by atoms with Crippen LogP contribution in [0.15, 0.2) is 170 Å². The van der Waals surface area contributed by atoms with Crippen LogP contribution in [-0.2, 0) is 0 Å². The summed E-state index contributed by atoms with van der Waals surface area (Å²) in [5.41, 5.74) is 7.38. The Balaban J connectivity index is 1.14.